The highest BCUT2D eigenvalue weighted by atomic mass is 35.5. The third-order valence-corrected chi connectivity index (χ3v) is 4.41. The third-order valence-electron chi connectivity index (χ3n) is 2.96. The number of carbonyl (C=O) groups is 1. The molecule has 0 atom stereocenters. The number of amidine groups is 1. The van der Waals surface area contributed by atoms with E-state index in [1.165, 1.54) is 17.8 Å². The molecule has 2 aromatic carbocycles. The number of nitrogens with one attached hydrogen (secondary N) is 1. The maximum Gasteiger partial charge on any atom is 0.264 e. The molecule has 0 spiro atoms. The van der Waals surface area contributed by atoms with Gasteiger partial charge in [0.05, 0.1) is 15.6 Å². The first kappa shape index (κ1) is 15.9. The minimum absolute atomic E-state index is 0.000510. The summed E-state index contributed by atoms with van der Waals surface area (Å²) >= 11 is 13.0. The molecule has 1 heterocycles. The first-order chi connectivity index (χ1) is 11.0. The topological polar surface area (TPSA) is 61.7 Å². The molecule has 2 N–H and O–H groups in total. The Hall–Kier alpha value is -1.95. The lowest BCUT2D eigenvalue weighted by Crippen LogP contribution is -2.19. The predicted molar refractivity (Wildman–Crippen MR) is 95.4 cm³/mol. The van der Waals surface area contributed by atoms with Crippen LogP contribution in [-0.4, -0.2) is 16.2 Å². The van der Waals surface area contributed by atoms with Crippen LogP contribution >= 0.6 is 35.0 Å². The van der Waals surface area contributed by atoms with E-state index < -0.39 is 0 Å². The highest BCUT2D eigenvalue weighted by Crippen LogP contribution is 2.30. The summed E-state index contributed by atoms with van der Waals surface area (Å²) in [6, 6.07) is 11.8. The monoisotopic (exact) mass is 364 g/mol. The number of carbonyl (C=O) groups excluding carboxylic acids is 1. The molecular weight excluding hydrogens is 355 g/mol. The summed E-state index contributed by atoms with van der Waals surface area (Å²) in [5, 5.41) is 13.4. The average Bonchev–Trinajstić information content (AvgIpc) is 2.83. The Morgan fingerprint density at radius 2 is 2.00 bits per heavy atom. The van der Waals surface area contributed by atoms with Crippen molar-refractivity contribution in [3.05, 3.63) is 63.0 Å². The van der Waals surface area contributed by atoms with Crippen molar-refractivity contribution in [2.45, 2.75) is 0 Å². The summed E-state index contributed by atoms with van der Waals surface area (Å²) in [6.45, 7) is 0. The number of aliphatic imine (C=N–C) groups is 1. The number of phenols is 1. The van der Waals surface area contributed by atoms with E-state index in [9.17, 15) is 9.90 Å². The van der Waals surface area contributed by atoms with Crippen molar-refractivity contribution >= 4 is 57.8 Å². The molecule has 1 amide bonds. The van der Waals surface area contributed by atoms with Crippen LogP contribution in [0.25, 0.3) is 6.08 Å². The minimum Gasteiger partial charge on any atom is -0.506 e. The van der Waals surface area contributed by atoms with E-state index in [1.54, 1.807) is 42.5 Å². The van der Waals surface area contributed by atoms with Gasteiger partial charge in [0.2, 0.25) is 0 Å². The van der Waals surface area contributed by atoms with Crippen LogP contribution in [0.15, 0.2) is 52.4 Å². The number of rotatable bonds is 2. The standard InChI is InChI=1S/C16H10Cl2N2O2S/c17-10-2-1-3-11(8-10)19-16-20-15(22)14(23-16)7-9-4-5-13(21)12(18)6-9/h1-8,21H,(H,19,20,22)/b14-7-. The molecule has 0 unspecified atom stereocenters. The Morgan fingerprint density at radius 3 is 2.74 bits per heavy atom. The van der Waals surface area contributed by atoms with Gasteiger partial charge in [0.15, 0.2) is 5.17 Å². The second kappa shape index (κ2) is 6.66. The maximum absolute atomic E-state index is 12.0. The fourth-order valence-corrected chi connectivity index (χ4v) is 3.12. The lowest BCUT2D eigenvalue weighted by molar-refractivity contribution is -0.115. The number of amides is 1. The normalized spacial score (nSPS) is 17.7. The number of phenolic OH excluding ortho intramolecular Hbond substituents is 1. The van der Waals surface area contributed by atoms with Gasteiger partial charge in [-0.05, 0) is 53.7 Å². The lowest BCUT2D eigenvalue weighted by atomic mass is 10.2. The van der Waals surface area contributed by atoms with E-state index in [1.807, 2.05) is 0 Å². The zero-order valence-corrected chi connectivity index (χ0v) is 13.9. The van der Waals surface area contributed by atoms with Crippen molar-refractivity contribution in [1.29, 1.82) is 0 Å². The quantitative estimate of drug-likeness (QED) is 0.766. The minimum atomic E-state index is -0.236. The van der Waals surface area contributed by atoms with Crippen molar-refractivity contribution in [3.8, 4) is 5.75 Å². The Bertz CT molecular complexity index is 850. The van der Waals surface area contributed by atoms with Crippen LogP contribution in [0.5, 0.6) is 5.75 Å². The van der Waals surface area contributed by atoms with Gasteiger partial charge in [0.1, 0.15) is 5.75 Å². The van der Waals surface area contributed by atoms with Crippen molar-refractivity contribution in [3.63, 3.8) is 0 Å². The van der Waals surface area contributed by atoms with Crippen molar-refractivity contribution in [2.24, 2.45) is 4.99 Å². The fraction of sp³-hybridized carbons (Fsp3) is 0. The molecule has 23 heavy (non-hydrogen) atoms. The molecule has 7 heteroatoms. The summed E-state index contributed by atoms with van der Waals surface area (Å²) in [5.41, 5.74) is 1.38. The molecule has 116 valence electrons. The van der Waals surface area contributed by atoms with Crippen LogP contribution in [-0.2, 0) is 4.79 Å². The molecule has 0 aliphatic carbocycles. The molecule has 1 aliphatic heterocycles. The van der Waals surface area contributed by atoms with Crippen molar-refractivity contribution < 1.29 is 9.90 Å². The molecule has 0 radical (unpaired) electrons. The molecule has 1 fully saturated rings. The van der Waals surface area contributed by atoms with Gasteiger partial charge in [-0.2, -0.15) is 0 Å². The fourth-order valence-electron chi connectivity index (χ4n) is 1.91. The highest BCUT2D eigenvalue weighted by Gasteiger charge is 2.23. The summed E-state index contributed by atoms with van der Waals surface area (Å²) in [4.78, 5) is 16.9. The SMILES string of the molecule is O=C1NC(=Nc2cccc(Cl)c2)S/C1=C\c1ccc(O)c(Cl)c1. The van der Waals surface area contributed by atoms with Gasteiger partial charge in [-0.1, -0.05) is 35.3 Å². The second-order valence-corrected chi connectivity index (χ2v) is 6.55. The van der Waals surface area contributed by atoms with Gasteiger partial charge in [-0.25, -0.2) is 4.99 Å². The summed E-state index contributed by atoms with van der Waals surface area (Å²) in [6.07, 6.45) is 1.69. The van der Waals surface area contributed by atoms with Crippen molar-refractivity contribution in [2.75, 3.05) is 0 Å². The summed E-state index contributed by atoms with van der Waals surface area (Å²) in [7, 11) is 0. The molecular formula is C16H10Cl2N2O2S. The average molecular weight is 365 g/mol. The smallest absolute Gasteiger partial charge is 0.264 e. The zero-order valence-electron chi connectivity index (χ0n) is 11.6. The Labute approximate surface area is 146 Å². The Kier molecular flexibility index (Phi) is 4.61. The van der Waals surface area contributed by atoms with Crippen LogP contribution in [0, 0.1) is 0 Å². The van der Waals surface area contributed by atoms with Gasteiger partial charge >= 0.3 is 0 Å². The summed E-state index contributed by atoms with van der Waals surface area (Å²) < 4.78 is 0. The number of aromatic hydroxyl groups is 1. The zero-order chi connectivity index (χ0) is 16.4. The Balaban J connectivity index is 1.84. The number of thioether (sulfide) groups is 1. The van der Waals surface area contributed by atoms with E-state index in [-0.39, 0.29) is 16.7 Å². The summed E-state index contributed by atoms with van der Waals surface area (Å²) in [5.74, 6) is -0.236. The van der Waals surface area contributed by atoms with E-state index in [0.717, 1.165) is 5.56 Å². The van der Waals surface area contributed by atoms with Crippen LogP contribution in [0.2, 0.25) is 10.0 Å². The predicted octanol–water partition coefficient (Wildman–Crippen LogP) is 4.59. The number of benzene rings is 2. The lowest BCUT2D eigenvalue weighted by Gasteiger charge is -1.98. The largest absolute Gasteiger partial charge is 0.506 e. The van der Waals surface area contributed by atoms with Gasteiger partial charge in [-0.15, -0.1) is 0 Å². The molecule has 4 nitrogen and oxygen atoms in total. The first-order valence-corrected chi connectivity index (χ1v) is 8.12. The van der Waals surface area contributed by atoms with Crippen LogP contribution in [0.3, 0.4) is 0 Å². The Morgan fingerprint density at radius 1 is 1.17 bits per heavy atom. The van der Waals surface area contributed by atoms with E-state index >= 15 is 0 Å². The molecule has 3 rings (SSSR count). The van der Waals surface area contributed by atoms with Gasteiger partial charge < -0.3 is 10.4 Å². The number of halogens is 2. The van der Waals surface area contributed by atoms with Gasteiger partial charge in [-0.3, -0.25) is 4.79 Å². The van der Waals surface area contributed by atoms with Gasteiger partial charge in [0, 0.05) is 5.02 Å². The highest BCUT2D eigenvalue weighted by molar-refractivity contribution is 8.18. The number of nitrogens with zero attached hydrogens (tertiary/aromatic N) is 1. The van der Waals surface area contributed by atoms with Crippen LogP contribution < -0.4 is 5.32 Å². The van der Waals surface area contributed by atoms with E-state index in [4.69, 9.17) is 23.2 Å². The maximum atomic E-state index is 12.0. The molecule has 0 bridgehead atoms. The second-order valence-electron chi connectivity index (χ2n) is 4.67. The number of hydrogen-bond acceptors (Lipinski definition) is 4. The first-order valence-electron chi connectivity index (χ1n) is 6.55. The van der Waals surface area contributed by atoms with Crippen LogP contribution in [0.4, 0.5) is 5.69 Å². The molecule has 0 aromatic heterocycles. The molecule has 0 saturated carbocycles. The van der Waals surface area contributed by atoms with Gasteiger partial charge in [0.25, 0.3) is 5.91 Å². The van der Waals surface area contributed by atoms with E-state index in [2.05, 4.69) is 10.3 Å². The van der Waals surface area contributed by atoms with E-state index in [0.29, 0.717) is 20.8 Å². The third kappa shape index (κ3) is 3.88. The number of hydrogen-bond donors (Lipinski definition) is 2. The molecule has 1 saturated heterocycles. The van der Waals surface area contributed by atoms with Crippen molar-refractivity contribution in [1.82, 2.24) is 5.32 Å². The molecule has 2 aromatic rings. The van der Waals surface area contributed by atoms with Crippen LogP contribution in [0.1, 0.15) is 5.56 Å². The molecule has 1 aliphatic rings.